The quantitative estimate of drug-likeness (QED) is 0.105. The van der Waals surface area contributed by atoms with Crippen LogP contribution in [0.25, 0.3) is 33.6 Å². The van der Waals surface area contributed by atoms with E-state index in [2.05, 4.69) is 79.1 Å². The smallest absolute Gasteiger partial charge is 0.407 e. The Hall–Kier alpha value is -6.02. The summed E-state index contributed by atoms with van der Waals surface area (Å²) >= 11 is 0. The normalized spacial score (nSPS) is 22.1. The number of ether oxygens (including phenoxy) is 3. The molecule has 4 N–H and O–H groups in total. The fourth-order valence-electron chi connectivity index (χ4n) is 9.19. The van der Waals surface area contributed by atoms with Crippen LogP contribution in [0.4, 0.5) is 4.79 Å². The van der Waals surface area contributed by atoms with Gasteiger partial charge < -0.3 is 39.7 Å². The lowest BCUT2D eigenvalue weighted by molar-refractivity contribution is -0.137. The minimum Gasteiger partial charge on any atom is -0.481 e. The molecule has 2 saturated carbocycles. The molecule has 1 aliphatic heterocycles. The molecule has 2 aliphatic carbocycles. The van der Waals surface area contributed by atoms with Crippen molar-refractivity contribution in [2.75, 3.05) is 27.9 Å². The highest BCUT2D eigenvalue weighted by Crippen LogP contribution is 2.56. The molecule has 7 atom stereocenters. The Morgan fingerprint density at radius 2 is 1.43 bits per heavy atom. The number of aromatic nitrogens is 5. The van der Waals surface area contributed by atoms with Crippen molar-refractivity contribution in [2.45, 2.75) is 69.7 Å². The molecule has 2 aromatic carbocycles. The maximum Gasteiger partial charge on any atom is 0.407 e. The van der Waals surface area contributed by atoms with Gasteiger partial charge in [-0.25, -0.2) is 19.7 Å². The molecule has 3 unspecified atom stereocenters. The second kappa shape index (κ2) is 16.8. The zero-order valence-electron chi connectivity index (χ0n) is 33.2. The Morgan fingerprint density at radius 3 is 2.05 bits per heavy atom. The van der Waals surface area contributed by atoms with Crippen molar-refractivity contribution in [3.8, 4) is 39.5 Å². The molecule has 3 amide bonds. The second-order valence-corrected chi connectivity index (χ2v) is 15.6. The van der Waals surface area contributed by atoms with Gasteiger partial charge in [0.15, 0.2) is 0 Å². The predicted octanol–water partition coefficient (Wildman–Crippen LogP) is 6.41. The number of amides is 3. The number of methoxy groups -OCH3 is 3. The van der Waals surface area contributed by atoms with Crippen LogP contribution in [-0.4, -0.2) is 87.7 Å². The number of imidazole rings is 2. The molecule has 14 nitrogen and oxygen atoms in total. The first-order valence-corrected chi connectivity index (χ1v) is 20.0. The van der Waals surface area contributed by atoms with Crippen molar-refractivity contribution in [3.63, 3.8) is 0 Å². The van der Waals surface area contributed by atoms with Gasteiger partial charge in [-0.1, -0.05) is 54.6 Å². The summed E-state index contributed by atoms with van der Waals surface area (Å²) in [6.07, 6.45) is 9.03. The molecule has 4 heterocycles. The Bertz CT molecular complexity index is 2220. The summed E-state index contributed by atoms with van der Waals surface area (Å²) in [6.45, 7) is 2.72. The van der Waals surface area contributed by atoms with E-state index in [-0.39, 0.29) is 29.7 Å². The number of likely N-dealkylation sites (tertiary alicyclic amines) is 1. The van der Waals surface area contributed by atoms with Gasteiger partial charge in [0, 0.05) is 38.4 Å². The van der Waals surface area contributed by atoms with E-state index in [1.807, 2.05) is 12.3 Å². The number of aromatic amines is 2. The van der Waals surface area contributed by atoms with Gasteiger partial charge in [0.25, 0.3) is 0 Å². The maximum absolute atomic E-state index is 13.6. The molecule has 1 saturated heterocycles. The lowest BCUT2D eigenvalue weighted by Gasteiger charge is -2.30. The van der Waals surface area contributed by atoms with Crippen LogP contribution < -0.4 is 15.4 Å². The molecule has 3 aromatic heterocycles. The van der Waals surface area contributed by atoms with Gasteiger partial charge in [0.1, 0.15) is 17.7 Å². The number of hydrogen-bond donors (Lipinski definition) is 4. The van der Waals surface area contributed by atoms with Crippen LogP contribution in [0.15, 0.2) is 79.3 Å². The van der Waals surface area contributed by atoms with E-state index in [0.29, 0.717) is 36.6 Å². The molecule has 14 heteroatoms. The molecule has 5 aromatic rings. The van der Waals surface area contributed by atoms with Gasteiger partial charge in [0.2, 0.25) is 17.7 Å². The largest absolute Gasteiger partial charge is 0.481 e. The van der Waals surface area contributed by atoms with E-state index in [9.17, 15) is 14.4 Å². The number of pyridine rings is 1. The first-order valence-electron chi connectivity index (χ1n) is 20.0. The monoisotopic (exact) mass is 786 g/mol. The van der Waals surface area contributed by atoms with Crippen molar-refractivity contribution in [1.29, 1.82) is 0 Å². The van der Waals surface area contributed by atoms with E-state index in [1.54, 1.807) is 37.4 Å². The topological polar surface area (TPSA) is 176 Å². The Balaban J connectivity index is 0.910. The fraction of sp³-hybridized carbons (Fsp3) is 0.409. The number of fused-ring (bicyclic) bond motifs is 2. The summed E-state index contributed by atoms with van der Waals surface area (Å²) in [5.41, 5.74) is 6.88. The molecule has 302 valence electrons. The molecule has 2 bridgehead atoms. The van der Waals surface area contributed by atoms with Crippen LogP contribution in [0.1, 0.15) is 68.2 Å². The van der Waals surface area contributed by atoms with Gasteiger partial charge in [-0.15, -0.1) is 0 Å². The van der Waals surface area contributed by atoms with Gasteiger partial charge in [-0.05, 0) is 78.7 Å². The zero-order chi connectivity index (χ0) is 40.3. The van der Waals surface area contributed by atoms with Crippen molar-refractivity contribution in [2.24, 2.45) is 17.8 Å². The van der Waals surface area contributed by atoms with E-state index >= 15 is 0 Å². The molecule has 58 heavy (non-hydrogen) atoms. The average Bonchev–Trinajstić information content (AvgIpc) is 4.13. The summed E-state index contributed by atoms with van der Waals surface area (Å²) in [4.78, 5) is 61.8. The van der Waals surface area contributed by atoms with Crippen molar-refractivity contribution in [1.82, 2.24) is 40.5 Å². The highest BCUT2D eigenvalue weighted by Gasteiger charge is 2.52. The minimum absolute atomic E-state index is 0.0669. The molecule has 3 aliphatic rings. The van der Waals surface area contributed by atoms with Crippen LogP contribution in [0.3, 0.4) is 0 Å². The van der Waals surface area contributed by atoms with Gasteiger partial charge >= 0.3 is 6.09 Å². The number of alkyl carbamates (subject to hydrolysis) is 1. The molecule has 3 fully saturated rings. The van der Waals surface area contributed by atoms with Gasteiger partial charge in [-0.3, -0.25) is 9.59 Å². The molecule has 0 spiro atoms. The second-order valence-electron chi connectivity index (χ2n) is 15.6. The van der Waals surface area contributed by atoms with Crippen molar-refractivity contribution >= 4 is 17.9 Å². The number of rotatable bonds is 13. The number of hydrogen-bond acceptors (Lipinski definition) is 9. The van der Waals surface area contributed by atoms with E-state index in [0.717, 1.165) is 77.1 Å². The average molecular weight is 787 g/mol. The summed E-state index contributed by atoms with van der Waals surface area (Å²) in [5, 5.41) is 5.80. The van der Waals surface area contributed by atoms with Crippen LogP contribution in [-0.2, 0) is 25.6 Å². The van der Waals surface area contributed by atoms with Gasteiger partial charge in [0.05, 0.1) is 56.1 Å². The number of nitrogens with one attached hydrogen (secondary N) is 4. The Labute approximate surface area is 337 Å². The Morgan fingerprint density at radius 1 is 0.793 bits per heavy atom. The Kier molecular flexibility index (Phi) is 11.3. The van der Waals surface area contributed by atoms with E-state index < -0.39 is 18.2 Å². The minimum atomic E-state index is -0.888. The zero-order valence-corrected chi connectivity index (χ0v) is 33.2. The fourth-order valence-corrected chi connectivity index (χ4v) is 9.19. The molecular formula is C44H50N8O6. The summed E-state index contributed by atoms with van der Waals surface area (Å²) in [5.74, 6) is 2.76. The number of benzene rings is 2. The number of H-pyrrole nitrogens is 2. The standard InChI is InChI=1S/C44H50N8O6/c1-25(56-2)39(51-44(55)58-4)43(54)52-19-5-6-35(52)40-46-23-33(49-40)29-12-8-27(9-13-29)28-10-14-30(15-11-28)34-24-47-41(50-34)37-31-16-17-32(20-31)38(37)42(53)48-22-26-7-18-36(57-3)45-21-26/h7-15,18,21,23-25,31-32,35,37-39H,5-6,16-17,19-20,22H2,1-4H3,(H,46,49)(H,47,50)(H,48,53)(H,51,55)/t25-,31?,32?,35+,37-,38?,39+/m1/s1. The number of carbonyl (C=O) groups excluding carboxylic acids is 3. The third kappa shape index (κ3) is 7.80. The summed E-state index contributed by atoms with van der Waals surface area (Å²) < 4.78 is 15.3. The van der Waals surface area contributed by atoms with Crippen LogP contribution in [0, 0.1) is 17.8 Å². The highest BCUT2D eigenvalue weighted by atomic mass is 16.5. The summed E-state index contributed by atoms with van der Waals surface area (Å²) in [6, 6.07) is 19.3. The molecule has 8 rings (SSSR count). The van der Waals surface area contributed by atoms with Crippen LogP contribution in [0.2, 0.25) is 0 Å². The maximum atomic E-state index is 13.6. The molecular weight excluding hydrogens is 737 g/mol. The van der Waals surface area contributed by atoms with Crippen LogP contribution >= 0.6 is 0 Å². The van der Waals surface area contributed by atoms with Crippen molar-refractivity contribution in [3.05, 3.63) is 96.5 Å². The lowest BCUT2D eigenvalue weighted by atomic mass is 9.78. The van der Waals surface area contributed by atoms with E-state index in [1.165, 1.54) is 14.2 Å². The predicted molar refractivity (Wildman–Crippen MR) is 216 cm³/mol. The number of nitrogens with zero attached hydrogens (tertiary/aromatic N) is 4. The van der Waals surface area contributed by atoms with E-state index in [4.69, 9.17) is 19.2 Å². The lowest BCUT2D eigenvalue weighted by Crippen LogP contribution is -2.54. The van der Waals surface area contributed by atoms with Crippen LogP contribution in [0.5, 0.6) is 5.88 Å². The number of carbonyl (C=O) groups is 3. The van der Waals surface area contributed by atoms with Gasteiger partial charge in [-0.2, -0.15) is 0 Å². The molecule has 0 radical (unpaired) electrons. The SMILES string of the molecule is COC(=O)N[C@H](C(=O)N1CCC[C@H]1c1ncc(-c2ccc(-c3ccc(-c4cnc([C@@H]5C6CCC(C6)C5C(=O)NCc5ccc(OC)nc5)[nH]4)cc3)cc2)[nH]1)[C@@H](C)OC. The highest BCUT2D eigenvalue weighted by molar-refractivity contribution is 5.87. The van der Waals surface area contributed by atoms with Crippen molar-refractivity contribution < 1.29 is 28.6 Å². The first-order chi connectivity index (χ1) is 28.2. The third-order valence-corrected chi connectivity index (χ3v) is 12.3. The third-order valence-electron chi connectivity index (χ3n) is 12.3. The first kappa shape index (κ1) is 38.8. The summed E-state index contributed by atoms with van der Waals surface area (Å²) in [7, 11) is 4.36.